The van der Waals surface area contributed by atoms with Crippen LogP contribution in [0.3, 0.4) is 0 Å². The second kappa shape index (κ2) is 4.62. The van der Waals surface area contributed by atoms with Crippen molar-refractivity contribution in [3.05, 3.63) is 48.5 Å². The highest BCUT2D eigenvalue weighted by Crippen LogP contribution is 2.15. The molecule has 1 aliphatic heterocycles. The lowest BCUT2D eigenvalue weighted by Gasteiger charge is -2.14. The van der Waals surface area contributed by atoms with E-state index >= 15 is 0 Å². The van der Waals surface area contributed by atoms with Gasteiger partial charge in [-0.3, -0.25) is 14.2 Å². The van der Waals surface area contributed by atoms with E-state index in [1.54, 1.807) is 17.1 Å². The molecule has 1 aromatic carbocycles. The number of amides is 1. The maximum absolute atomic E-state index is 12.2. The number of imidazole rings is 1. The Bertz CT molecular complexity index is 544. The molecule has 1 aliphatic rings. The summed E-state index contributed by atoms with van der Waals surface area (Å²) in [4.78, 5) is 21.6. The molecule has 2 aromatic rings. The van der Waals surface area contributed by atoms with Crippen molar-refractivity contribution in [2.75, 3.05) is 13.2 Å². The van der Waals surface area contributed by atoms with Crippen LogP contribution in [0.25, 0.3) is 5.69 Å². The van der Waals surface area contributed by atoms with Gasteiger partial charge in [-0.2, -0.15) is 0 Å². The molecular weight excluding hydrogens is 230 g/mol. The number of carbonyl (C=O) groups excluding carboxylic acids is 1. The fraction of sp³-hybridized carbons (Fsp3) is 0.231. The van der Waals surface area contributed by atoms with E-state index in [1.165, 1.54) is 5.06 Å². The molecule has 1 aromatic heterocycles. The molecule has 3 rings (SSSR count). The molecule has 0 atom stereocenters. The third-order valence-electron chi connectivity index (χ3n) is 2.87. The minimum Gasteiger partial charge on any atom is -0.295 e. The van der Waals surface area contributed by atoms with Gasteiger partial charge in [-0.1, -0.05) is 18.2 Å². The van der Waals surface area contributed by atoms with Gasteiger partial charge in [0.2, 0.25) is 0 Å². The monoisotopic (exact) mass is 243 g/mol. The topological polar surface area (TPSA) is 47.4 Å². The van der Waals surface area contributed by atoms with Crippen LogP contribution in [-0.2, 0) is 4.84 Å². The highest BCUT2D eigenvalue weighted by atomic mass is 16.7. The Morgan fingerprint density at radius 1 is 1.28 bits per heavy atom. The molecular formula is C13H13N3O2. The summed E-state index contributed by atoms with van der Waals surface area (Å²) in [5.74, 6) is -0.145. The van der Waals surface area contributed by atoms with Crippen LogP contribution in [0, 0.1) is 0 Å². The highest BCUT2D eigenvalue weighted by molar-refractivity contribution is 5.92. The molecule has 0 saturated carbocycles. The van der Waals surface area contributed by atoms with Gasteiger partial charge in [0.05, 0.1) is 25.7 Å². The summed E-state index contributed by atoms with van der Waals surface area (Å²) in [6.07, 6.45) is 4.08. The van der Waals surface area contributed by atoms with Crippen molar-refractivity contribution >= 4 is 5.91 Å². The van der Waals surface area contributed by atoms with Crippen molar-refractivity contribution in [1.29, 1.82) is 0 Å². The predicted molar refractivity (Wildman–Crippen MR) is 65.2 cm³/mol. The van der Waals surface area contributed by atoms with Gasteiger partial charge in [-0.15, -0.1) is 0 Å². The van der Waals surface area contributed by atoms with E-state index in [0.717, 1.165) is 12.1 Å². The standard InChI is InChI=1S/C13H13N3O2/c17-13(16-7-4-8-18-16)12-9-14-10-15(12)11-5-2-1-3-6-11/h1-3,5-6,9-10H,4,7-8H2. The van der Waals surface area contributed by atoms with Crippen molar-refractivity contribution in [1.82, 2.24) is 14.6 Å². The molecule has 2 heterocycles. The third-order valence-corrected chi connectivity index (χ3v) is 2.87. The molecule has 1 amide bonds. The Labute approximate surface area is 105 Å². The number of hydrogen-bond acceptors (Lipinski definition) is 3. The van der Waals surface area contributed by atoms with E-state index in [2.05, 4.69) is 4.98 Å². The van der Waals surface area contributed by atoms with E-state index in [9.17, 15) is 4.79 Å². The zero-order valence-electron chi connectivity index (χ0n) is 9.82. The number of benzene rings is 1. The second-order valence-corrected chi connectivity index (χ2v) is 4.08. The van der Waals surface area contributed by atoms with Gasteiger partial charge in [-0.05, 0) is 18.6 Å². The van der Waals surface area contributed by atoms with Crippen LogP contribution < -0.4 is 0 Å². The Morgan fingerprint density at radius 2 is 2.11 bits per heavy atom. The summed E-state index contributed by atoms with van der Waals surface area (Å²) in [5.41, 5.74) is 1.43. The normalized spacial score (nSPS) is 15.0. The molecule has 0 radical (unpaired) electrons. The first-order valence-corrected chi connectivity index (χ1v) is 5.89. The average molecular weight is 243 g/mol. The van der Waals surface area contributed by atoms with Crippen LogP contribution in [0.15, 0.2) is 42.9 Å². The Morgan fingerprint density at radius 3 is 2.83 bits per heavy atom. The van der Waals surface area contributed by atoms with Gasteiger partial charge >= 0.3 is 0 Å². The Balaban J connectivity index is 1.94. The molecule has 5 heteroatoms. The minimum absolute atomic E-state index is 0.145. The largest absolute Gasteiger partial charge is 0.296 e. The van der Waals surface area contributed by atoms with E-state index in [0.29, 0.717) is 18.8 Å². The summed E-state index contributed by atoms with van der Waals surface area (Å²) in [6, 6.07) is 9.66. The predicted octanol–water partition coefficient (Wildman–Crippen LogP) is 1.65. The van der Waals surface area contributed by atoms with Crippen molar-refractivity contribution in [3.63, 3.8) is 0 Å². The molecule has 0 unspecified atom stereocenters. The SMILES string of the molecule is O=C(c1cncn1-c1ccccc1)N1CCCO1. The smallest absolute Gasteiger partial charge is 0.295 e. The van der Waals surface area contributed by atoms with Crippen molar-refractivity contribution in [2.45, 2.75) is 6.42 Å². The van der Waals surface area contributed by atoms with E-state index in [4.69, 9.17) is 4.84 Å². The van der Waals surface area contributed by atoms with Gasteiger partial charge in [0.15, 0.2) is 0 Å². The van der Waals surface area contributed by atoms with E-state index in [-0.39, 0.29) is 5.91 Å². The number of rotatable bonds is 2. The lowest BCUT2D eigenvalue weighted by molar-refractivity contribution is -0.0773. The minimum atomic E-state index is -0.145. The molecule has 0 bridgehead atoms. The van der Waals surface area contributed by atoms with Crippen LogP contribution in [0.5, 0.6) is 0 Å². The number of para-hydroxylation sites is 1. The lowest BCUT2D eigenvalue weighted by atomic mass is 10.3. The Kier molecular flexibility index (Phi) is 2.82. The van der Waals surface area contributed by atoms with Crippen molar-refractivity contribution in [2.24, 2.45) is 0 Å². The number of hydroxylamine groups is 2. The molecule has 18 heavy (non-hydrogen) atoms. The van der Waals surface area contributed by atoms with E-state index < -0.39 is 0 Å². The molecule has 0 N–H and O–H groups in total. The molecule has 5 nitrogen and oxygen atoms in total. The quantitative estimate of drug-likeness (QED) is 0.805. The summed E-state index contributed by atoms with van der Waals surface area (Å²) in [5, 5.41) is 1.40. The molecule has 92 valence electrons. The maximum atomic E-state index is 12.2. The zero-order chi connectivity index (χ0) is 12.4. The van der Waals surface area contributed by atoms with Gasteiger partial charge in [0, 0.05) is 5.69 Å². The molecule has 0 aliphatic carbocycles. The summed E-state index contributed by atoms with van der Waals surface area (Å²) in [6.45, 7) is 1.24. The molecule has 1 saturated heterocycles. The average Bonchev–Trinajstić information content (AvgIpc) is 3.10. The summed E-state index contributed by atoms with van der Waals surface area (Å²) >= 11 is 0. The van der Waals surface area contributed by atoms with Crippen LogP contribution >= 0.6 is 0 Å². The van der Waals surface area contributed by atoms with Crippen LogP contribution in [-0.4, -0.2) is 33.7 Å². The summed E-state index contributed by atoms with van der Waals surface area (Å²) < 4.78 is 1.77. The third kappa shape index (κ3) is 1.89. The maximum Gasteiger partial charge on any atom is 0.296 e. The first-order valence-electron chi connectivity index (χ1n) is 5.89. The number of carbonyl (C=O) groups is 1. The molecule has 0 spiro atoms. The highest BCUT2D eigenvalue weighted by Gasteiger charge is 2.24. The fourth-order valence-corrected chi connectivity index (χ4v) is 1.98. The van der Waals surface area contributed by atoms with Crippen LogP contribution in [0.2, 0.25) is 0 Å². The lowest BCUT2D eigenvalue weighted by Crippen LogP contribution is -2.28. The fourth-order valence-electron chi connectivity index (χ4n) is 1.98. The number of hydrogen-bond donors (Lipinski definition) is 0. The second-order valence-electron chi connectivity index (χ2n) is 4.08. The van der Waals surface area contributed by atoms with Gasteiger partial charge in [0.1, 0.15) is 5.69 Å². The molecule has 1 fully saturated rings. The number of aromatic nitrogens is 2. The van der Waals surface area contributed by atoms with Gasteiger partial charge in [0.25, 0.3) is 5.91 Å². The van der Waals surface area contributed by atoms with Crippen LogP contribution in [0.1, 0.15) is 16.9 Å². The first-order chi connectivity index (χ1) is 8.86. The van der Waals surface area contributed by atoms with Gasteiger partial charge < -0.3 is 0 Å². The zero-order valence-corrected chi connectivity index (χ0v) is 9.82. The Hall–Kier alpha value is -2.14. The van der Waals surface area contributed by atoms with Crippen LogP contribution in [0.4, 0.5) is 0 Å². The first kappa shape index (κ1) is 11.0. The van der Waals surface area contributed by atoms with Gasteiger partial charge in [-0.25, -0.2) is 10.0 Å². The van der Waals surface area contributed by atoms with Crippen molar-refractivity contribution in [3.8, 4) is 5.69 Å². The van der Waals surface area contributed by atoms with E-state index in [1.807, 2.05) is 30.3 Å². The number of nitrogens with zero attached hydrogens (tertiary/aromatic N) is 3. The summed E-state index contributed by atoms with van der Waals surface area (Å²) in [7, 11) is 0. The van der Waals surface area contributed by atoms with Crippen molar-refractivity contribution < 1.29 is 9.63 Å².